The van der Waals surface area contributed by atoms with Crippen molar-refractivity contribution in [1.29, 1.82) is 0 Å². The Morgan fingerprint density at radius 2 is 0.649 bits per heavy atom. The van der Waals surface area contributed by atoms with Crippen molar-refractivity contribution < 1.29 is 19.1 Å². The average molecular weight is 1060 g/mol. The first-order valence-corrected chi connectivity index (χ1v) is 34.2. The van der Waals surface area contributed by atoms with Crippen molar-refractivity contribution in [3.63, 3.8) is 0 Å². The van der Waals surface area contributed by atoms with Gasteiger partial charge in [0.1, 0.15) is 0 Å². The number of unbranched alkanes of at least 4 members (excludes halogenated alkanes) is 30. The van der Waals surface area contributed by atoms with Crippen LogP contribution in [0.4, 0.5) is 0 Å². The SMILES string of the molecule is CCCCCCCCCC=CC1=C(c2cc(CCCCCCCC)cc(CCCCCCCC)c2)[N+](=[N-])C(c2cc(CCCC)cc(CCCC)c2)=C1CCCC.CCCCCCC[CH2][Ni][CH2]CCCCCCC. The monoisotopic (exact) mass is 1060 g/mol. The second kappa shape index (κ2) is 47.9. The summed E-state index contributed by atoms with van der Waals surface area (Å²) in [4.78, 5) is 0. The van der Waals surface area contributed by atoms with Crippen LogP contribution in [0.2, 0.25) is 10.8 Å². The molecule has 0 saturated heterocycles. The number of nitrogens with zero attached hydrogens (tertiary/aromatic N) is 2. The van der Waals surface area contributed by atoms with Crippen LogP contribution in [0.5, 0.6) is 0 Å². The van der Waals surface area contributed by atoms with Gasteiger partial charge in [0.05, 0.1) is 5.57 Å². The van der Waals surface area contributed by atoms with Crippen LogP contribution < -0.4 is 0 Å². The molecule has 3 heteroatoms. The molecular formula is C71H122N2Ni. The molecule has 2 aromatic carbocycles. The quantitative estimate of drug-likeness (QED) is 0.0359. The van der Waals surface area contributed by atoms with Crippen LogP contribution in [-0.2, 0) is 40.1 Å². The van der Waals surface area contributed by atoms with E-state index >= 15 is 0 Å². The van der Waals surface area contributed by atoms with Crippen molar-refractivity contribution in [2.75, 3.05) is 0 Å². The van der Waals surface area contributed by atoms with E-state index in [1.54, 1.807) is 4.70 Å². The maximum atomic E-state index is 12.7. The molecule has 1 aliphatic rings. The van der Waals surface area contributed by atoms with Gasteiger partial charge in [-0.25, -0.2) is 4.70 Å². The molecule has 3 rings (SSSR count). The zero-order valence-electron chi connectivity index (χ0n) is 50.6. The second-order valence-corrected chi connectivity index (χ2v) is 24.1. The summed E-state index contributed by atoms with van der Waals surface area (Å²) in [5.74, 6) is 0. The summed E-state index contributed by atoms with van der Waals surface area (Å²) in [6.07, 6.45) is 60.8. The molecule has 2 aromatic rings. The predicted molar refractivity (Wildman–Crippen MR) is 329 cm³/mol. The minimum absolute atomic E-state index is 0.981. The first kappa shape index (κ1) is 67.9. The van der Waals surface area contributed by atoms with Gasteiger partial charge >= 0.3 is 116 Å². The standard InChI is InChI=1S/C55H88N2.2C8H17.Ni/c1-7-13-19-22-25-26-27-30-33-39-53-52(38-18-12-6)54(50-42-46(34-16-10-4)40-47(43-50)35-17-11-5)57(56)55(53)51-44-48(36-31-28-23-20-14-8-2)41-49(45-51)37-32-29-24-21-15-9-3;2*1-3-5-7-8-6-4-2;/h33,39-45H,7-32,34-38H2,1-6H3;2*1,3-8H2,2H3;. The van der Waals surface area contributed by atoms with Gasteiger partial charge in [0.25, 0.3) is 0 Å². The van der Waals surface area contributed by atoms with Crippen LogP contribution in [0.1, 0.15) is 339 Å². The van der Waals surface area contributed by atoms with E-state index in [0.717, 1.165) is 62.8 Å². The van der Waals surface area contributed by atoms with Gasteiger partial charge in [-0.2, -0.15) is 0 Å². The predicted octanol–water partition coefficient (Wildman–Crippen LogP) is 24.9. The van der Waals surface area contributed by atoms with Crippen LogP contribution in [0.25, 0.3) is 16.9 Å². The molecule has 1 aliphatic heterocycles. The summed E-state index contributed by atoms with van der Waals surface area (Å²) >= 11 is 2.01. The summed E-state index contributed by atoms with van der Waals surface area (Å²) in [7, 11) is 0. The van der Waals surface area contributed by atoms with Crippen LogP contribution >= 0.6 is 0 Å². The van der Waals surface area contributed by atoms with Crippen molar-refractivity contribution in [2.24, 2.45) is 0 Å². The van der Waals surface area contributed by atoms with Crippen LogP contribution in [0.15, 0.2) is 59.7 Å². The molecule has 0 fully saturated rings. The van der Waals surface area contributed by atoms with E-state index in [9.17, 15) is 5.53 Å². The minimum atomic E-state index is 0.981. The molecule has 0 amide bonds. The molecule has 1 heterocycles. The number of aryl methyl sites for hydroxylation is 4. The molecule has 0 aromatic heterocycles. The molecule has 74 heavy (non-hydrogen) atoms. The Hall–Kier alpha value is -2.25. The van der Waals surface area contributed by atoms with E-state index in [4.69, 9.17) is 0 Å². The number of allylic oxidation sites excluding steroid dienone is 4. The molecule has 0 unspecified atom stereocenters. The number of rotatable bonds is 48. The molecule has 0 aliphatic carbocycles. The Bertz CT molecular complexity index is 1690. The van der Waals surface area contributed by atoms with Crippen molar-refractivity contribution in [2.45, 2.75) is 342 Å². The third kappa shape index (κ3) is 31.2. The van der Waals surface area contributed by atoms with Gasteiger partial charge in [-0.05, 0) is 124 Å². The summed E-state index contributed by atoms with van der Waals surface area (Å²) in [6.45, 7) is 18.4. The molecule has 426 valence electrons. The van der Waals surface area contributed by atoms with Gasteiger partial charge in [-0.1, -0.05) is 188 Å². The summed E-state index contributed by atoms with van der Waals surface area (Å²) in [6, 6.07) is 14.7. The third-order valence-corrected chi connectivity index (χ3v) is 16.8. The first-order valence-electron chi connectivity index (χ1n) is 32.8. The van der Waals surface area contributed by atoms with E-state index in [1.165, 1.54) is 280 Å². The number of hydrogen-bond acceptors (Lipinski definition) is 0. The maximum absolute atomic E-state index is 12.7. The second-order valence-electron chi connectivity index (χ2n) is 22.6. The molecule has 0 saturated carbocycles. The molecule has 0 atom stereocenters. The fourth-order valence-electron chi connectivity index (χ4n) is 10.7. The van der Waals surface area contributed by atoms with Crippen molar-refractivity contribution in [3.8, 4) is 0 Å². The van der Waals surface area contributed by atoms with Crippen LogP contribution in [0, 0.1) is 0 Å². The van der Waals surface area contributed by atoms with Gasteiger partial charge in [0, 0.05) is 16.7 Å². The van der Waals surface area contributed by atoms with E-state index in [1.807, 2.05) is 14.4 Å². The van der Waals surface area contributed by atoms with Crippen molar-refractivity contribution in [1.82, 2.24) is 0 Å². The average Bonchev–Trinajstić information content (AvgIpc) is 3.69. The Labute approximate surface area is 468 Å². The summed E-state index contributed by atoms with van der Waals surface area (Å²) < 4.78 is 1.65. The van der Waals surface area contributed by atoms with Crippen molar-refractivity contribution >= 4 is 11.4 Å². The summed E-state index contributed by atoms with van der Waals surface area (Å²) in [5, 5.41) is 2.85. The van der Waals surface area contributed by atoms with Gasteiger partial charge in [0.15, 0.2) is 0 Å². The molecule has 0 spiro atoms. The van der Waals surface area contributed by atoms with Gasteiger partial charge in [-0.15, -0.1) is 0 Å². The number of hydrogen-bond donors (Lipinski definition) is 0. The topological polar surface area (TPSA) is 25.3 Å². The molecular weight excluding hydrogens is 939 g/mol. The zero-order valence-corrected chi connectivity index (χ0v) is 51.6. The Kier molecular flexibility index (Phi) is 44.0. The van der Waals surface area contributed by atoms with E-state index in [0.29, 0.717) is 0 Å². The Balaban J connectivity index is 0.000000938. The van der Waals surface area contributed by atoms with Gasteiger partial charge in [0.2, 0.25) is 11.4 Å². The normalized spacial score (nSPS) is 12.8. The van der Waals surface area contributed by atoms with E-state index in [-0.39, 0.29) is 0 Å². The van der Waals surface area contributed by atoms with Crippen LogP contribution in [0.3, 0.4) is 0 Å². The molecule has 0 radical (unpaired) electrons. The zero-order chi connectivity index (χ0) is 53.5. The van der Waals surface area contributed by atoms with E-state index < -0.39 is 0 Å². The molecule has 0 bridgehead atoms. The van der Waals surface area contributed by atoms with E-state index in [2.05, 4.69) is 104 Å². The molecule has 0 N–H and O–H groups in total. The molecule has 2 nitrogen and oxygen atoms in total. The summed E-state index contributed by atoms with van der Waals surface area (Å²) in [5.41, 5.74) is 25.5. The Morgan fingerprint density at radius 3 is 1.04 bits per heavy atom. The number of benzene rings is 2. The van der Waals surface area contributed by atoms with Gasteiger partial charge < -0.3 is 5.53 Å². The van der Waals surface area contributed by atoms with Crippen molar-refractivity contribution in [3.05, 3.63) is 98.6 Å². The first-order chi connectivity index (χ1) is 36.4. The van der Waals surface area contributed by atoms with Gasteiger partial charge in [-0.3, -0.25) is 0 Å². The Morgan fingerprint density at radius 1 is 0.338 bits per heavy atom. The fraction of sp³-hybridized carbons (Fsp3) is 0.746. The fourth-order valence-corrected chi connectivity index (χ4v) is 12.0. The third-order valence-electron chi connectivity index (χ3n) is 15.4. The van der Waals surface area contributed by atoms with Crippen LogP contribution in [-0.4, -0.2) is 4.70 Å².